The van der Waals surface area contributed by atoms with Crippen molar-refractivity contribution in [3.05, 3.63) is 17.7 Å². The van der Waals surface area contributed by atoms with Crippen LogP contribution in [0.3, 0.4) is 0 Å². The highest BCUT2D eigenvalue weighted by atomic mass is 16.4. The number of aromatic amines is 1. The summed E-state index contributed by atoms with van der Waals surface area (Å²) in [6.07, 6.45) is 1.43. The Labute approximate surface area is 69.6 Å². The monoisotopic (exact) mass is 169 g/mol. The van der Waals surface area contributed by atoms with Crippen molar-refractivity contribution in [2.24, 2.45) is 5.73 Å². The predicted molar refractivity (Wildman–Crippen MR) is 42.8 cm³/mol. The van der Waals surface area contributed by atoms with E-state index in [9.17, 15) is 4.79 Å². The number of carboxylic acids is 1. The fourth-order valence-corrected chi connectivity index (χ4v) is 0.757. The van der Waals surface area contributed by atoms with Gasteiger partial charge < -0.3 is 15.8 Å². The number of nitrogens with one attached hydrogen (secondary N) is 1. The van der Waals surface area contributed by atoms with Crippen molar-refractivity contribution in [1.29, 1.82) is 0 Å². The smallest absolute Gasteiger partial charge is 0.371 e. The zero-order valence-electron chi connectivity index (χ0n) is 6.96. The molecule has 4 N–H and O–H groups in total. The maximum Gasteiger partial charge on any atom is 0.371 e. The van der Waals surface area contributed by atoms with E-state index < -0.39 is 11.5 Å². The van der Waals surface area contributed by atoms with Crippen LogP contribution in [0.2, 0.25) is 0 Å². The molecule has 1 aromatic rings. The molecule has 0 atom stereocenters. The first kappa shape index (κ1) is 8.73. The molecule has 5 heteroatoms. The van der Waals surface area contributed by atoms with Crippen molar-refractivity contribution in [1.82, 2.24) is 9.97 Å². The third-order valence-electron chi connectivity index (χ3n) is 1.47. The number of hydrogen-bond acceptors (Lipinski definition) is 3. The summed E-state index contributed by atoms with van der Waals surface area (Å²) in [5.41, 5.74) is 5.73. The average Bonchev–Trinajstić information content (AvgIpc) is 2.30. The van der Waals surface area contributed by atoms with Crippen molar-refractivity contribution < 1.29 is 9.90 Å². The summed E-state index contributed by atoms with van der Waals surface area (Å²) >= 11 is 0. The van der Waals surface area contributed by atoms with Gasteiger partial charge in [0.1, 0.15) is 0 Å². The van der Waals surface area contributed by atoms with Gasteiger partial charge in [0.15, 0.2) is 0 Å². The summed E-state index contributed by atoms with van der Waals surface area (Å²) in [6.45, 7) is 3.54. The maximum atomic E-state index is 10.4. The molecule has 0 bridgehead atoms. The lowest BCUT2D eigenvalue weighted by atomic mass is 10.0. The van der Waals surface area contributed by atoms with Crippen molar-refractivity contribution in [2.45, 2.75) is 19.4 Å². The molecule has 66 valence electrons. The Hall–Kier alpha value is -1.36. The standard InChI is InChI=1S/C7H11N3O2/c1-7(2,8)4-3-9-5(10-4)6(11)12/h3H,8H2,1-2H3,(H,9,10)(H,11,12). The third kappa shape index (κ3) is 1.62. The Morgan fingerprint density at radius 3 is 2.58 bits per heavy atom. The fraction of sp³-hybridized carbons (Fsp3) is 0.429. The van der Waals surface area contributed by atoms with Crippen molar-refractivity contribution in [2.75, 3.05) is 0 Å². The molecule has 0 spiro atoms. The van der Waals surface area contributed by atoms with Gasteiger partial charge in [-0.1, -0.05) is 0 Å². The molecule has 0 aliphatic carbocycles. The number of aromatic nitrogens is 2. The van der Waals surface area contributed by atoms with Gasteiger partial charge in [-0.25, -0.2) is 9.78 Å². The van der Waals surface area contributed by atoms with Crippen molar-refractivity contribution in [3.8, 4) is 0 Å². The lowest BCUT2D eigenvalue weighted by Crippen LogP contribution is -2.29. The number of carboxylic acid groups (broad SMARTS) is 1. The molecule has 5 nitrogen and oxygen atoms in total. The molecule has 0 aromatic carbocycles. The van der Waals surface area contributed by atoms with Gasteiger partial charge in [-0.3, -0.25) is 0 Å². The Kier molecular flexibility index (Phi) is 1.89. The summed E-state index contributed by atoms with van der Waals surface area (Å²) < 4.78 is 0. The molecule has 12 heavy (non-hydrogen) atoms. The number of nitrogens with zero attached hydrogens (tertiary/aromatic N) is 1. The van der Waals surface area contributed by atoms with Gasteiger partial charge in [0.25, 0.3) is 0 Å². The average molecular weight is 169 g/mol. The number of imidazole rings is 1. The van der Waals surface area contributed by atoms with Crippen LogP contribution in [-0.2, 0) is 5.54 Å². The van der Waals surface area contributed by atoms with Crippen LogP contribution in [0.5, 0.6) is 0 Å². The van der Waals surface area contributed by atoms with E-state index in [1.807, 2.05) is 0 Å². The summed E-state index contributed by atoms with van der Waals surface area (Å²) in [5.74, 6) is -1.16. The van der Waals surface area contributed by atoms with Gasteiger partial charge in [-0.15, -0.1) is 0 Å². The SMILES string of the molecule is CC(C)(N)c1cnc(C(=O)O)[nH]1. The molecule has 0 radical (unpaired) electrons. The molecule has 0 saturated heterocycles. The number of rotatable bonds is 2. The minimum absolute atomic E-state index is 0.0801. The van der Waals surface area contributed by atoms with Gasteiger partial charge >= 0.3 is 5.97 Å². The molecular weight excluding hydrogens is 158 g/mol. The second-order valence-corrected chi connectivity index (χ2v) is 3.17. The van der Waals surface area contributed by atoms with Gasteiger partial charge in [0, 0.05) is 0 Å². The first-order chi connectivity index (χ1) is 5.41. The van der Waals surface area contributed by atoms with Gasteiger partial charge in [-0.2, -0.15) is 0 Å². The van der Waals surface area contributed by atoms with Crippen LogP contribution in [0.4, 0.5) is 0 Å². The molecule has 0 amide bonds. The number of H-pyrrole nitrogens is 1. The van der Waals surface area contributed by atoms with Crippen LogP contribution in [0, 0.1) is 0 Å². The Bertz CT molecular complexity index is 298. The van der Waals surface area contributed by atoms with E-state index >= 15 is 0 Å². The van der Waals surface area contributed by atoms with E-state index in [0.717, 1.165) is 0 Å². The highest BCUT2D eigenvalue weighted by molar-refractivity contribution is 5.83. The van der Waals surface area contributed by atoms with E-state index in [-0.39, 0.29) is 5.82 Å². The number of aromatic carboxylic acids is 1. The van der Waals surface area contributed by atoms with Crippen LogP contribution in [0.25, 0.3) is 0 Å². The molecular formula is C7H11N3O2. The van der Waals surface area contributed by atoms with Crippen LogP contribution >= 0.6 is 0 Å². The van der Waals surface area contributed by atoms with Gasteiger partial charge in [-0.05, 0) is 13.8 Å². The molecule has 0 aliphatic heterocycles. The van der Waals surface area contributed by atoms with E-state index in [1.54, 1.807) is 13.8 Å². The number of nitrogens with two attached hydrogens (primary N) is 1. The maximum absolute atomic E-state index is 10.4. The van der Waals surface area contributed by atoms with E-state index in [4.69, 9.17) is 10.8 Å². The van der Waals surface area contributed by atoms with Crippen molar-refractivity contribution >= 4 is 5.97 Å². The zero-order valence-corrected chi connectivity index (χ0v) is 6.96. The topological polar surface area (TPSA) is 92.0 Å². The van der Waals surface area contributed by atoms with Crippen LogP contribution in [0.1, 0.15) is 30.2 Å². The minimum atomic E-state index is -1.08. The van der Waals surface area contributed by atoms with Crippen LogP contribution < -0.4 is 5.73 Å². The van der Waals surface area contributed by atoms with Crippen LogP contribution in [-0.4, -0.2) is 21.0 Å². The first-order valence-corrected chi connectivity index (χ1v) is 3.49. The number of hydrogen-bond donors (Lipinski definition) is 3. The molecule has 1 rings (SSSR count). The highest BCUT2D eigenvalue weighted by Crippen LogP contribution is 2.13. The fourth-order valence-electron chi connectivity index (χ4n) is 0.757. The zero-order chi connectivity index (χ0) is 9.35. The normalized spacial score (nSPS) is 11.6. The second-order valence-electron chi connectivity index (χ2n) is 3.17. The molecule has 1 aromatic heterocycles. The van der Waals surface area contributed by atoms with E-state index in [2.05, 4.69) is 9.97 Å². The first-order valence-electron chi connectivity index (χ1n) is 3.49. The predicted octanol–water partition coefficient (Wildman–Crippen LogP) is 0.302. The minimum Gasteiger partial charge on any atom is -0.475 e. The van der Waals surface area contributed by atoms with Crippen molar-refractivity contribution in [3.63, 3.8) is 0 Å². The second kappa shape index (κ2) is 2.60. The van der Waals surface area contributed by atoms with E-state index in [0.29, 0.717) is 5.69 Å². The molecule has 0 unspecified atom stereocenters. The Morgan fingerprint density at radius 2 is 2.33 bits per heavy atom. The molecule has 1 heterocycles. The summed E-state index contributed by atoms with van der Waals surface area (Å²) in [4.78, 5) is 16.7. The number of carbonyl (C=O) groups is 1. The molecule has 0 fully saturated rings. The third-order valence-corrected chi connectivity index (χ3v) is 1.47. The highest BCUT2D eigenvalue weighted by Gasteiger charge is 2.18. The lowest BCUT2D eigenvalue weighted by molar-refractivity contribution is 0.0684. The summed E-state index contributed by atoms with van der Waals surface area (Å²) in [5, 5.41) is 8.53. The van der Waals surface area contributed by atoms with Gasteiger partial charge in [0.2, 0.25) is 5.82 Å². The quantitative estimate of drug-likeness (QED) is 0.593. The summed E-state index contributed by atoms with van der Waals surface area (Å²) in [7, 11) is 0. The Morgan fingerprint density at radius 1 is 1.75 bits per heavy atom. The summed E-state index contributed by atoms with van der Waals surface area (Å²) in [6, 6.07) is 0. The van der Waals surface area contributed by atoms with Crippen LogP contribution in [0.15, 0.2) is 6.20 Å². The lowest BCUT2D eigenvalue weighted by Gasteiger charge is -2.15. The Balaban J connectivity index is 3.00. The van der Waals surface area contributed by atoms with Gasteiger partial charge in [0.05, 0.1) is 17.4 Å². The molecule has 0 aliphatic rings. The molecule has 0 saturated carbocycles. The van der Waals surface area contributed by atoms with E-state index in [1.165, 1.54) is 6.20 Å². The largest absolute Gasteiger partial charge is 0.475 e.